The van der Waals surface area contributed by atoms with E-state index in [1.54, 1.807) is 17.1 Å². The highest BCUT2D eigenvalue weighted by atomic mass is 16.4. The Balaban J connectivity index is 2.48. The summed E-state index contributed by atoms with van der Waals surface area (Å²) in [5, 5.41) is 24.6. The number of aliphatic hydroxyl groups is 1. The van der Waals surface area contributed by atoms with E-state index in [1.807, 2.05) is 6.07 Å². The van der Waals surface area contributed by atoms with Gasteiger partial charge in [-0.2, -0.15) is 0 Å². The van der Waals surface area contributed by atoms with Crippen molar-refractivity contribution in [2.24, 2.45) is 0 Å². The Morgan fingerprint density at radius 2 is 2.11 bits per heavy atom. The maximum Gasteiger partial charge on any atom is 0.305 e. The van der Waals surface area contributed by atoms with Gasteiger partial charge in [-0.3, -0.25) is 4.79 Å². The van der Waals surface area contributed by atoms with Crippen LogP contribution in [0.25, 0.3) is 5.70 Å². The number of nitrogens with one attached hydrogen (secondary N) is 1. The number of aryl methyl sites for hydroxylation is 1. The van der Waals surface area contributed by atoms with Crippen LogP contribution in [-0.4, -0.2) is 27.8 Å². The topological polar surface area (TPSA) is 86.3 Å². The zero-order valence-electron chi connectivity index (χ0n) is 10.7. The third kappa shape index (κ3) is 5.67. The minimum Gasteiger partial charge on any atom is -0.513 e. The van der Waals surface area contributed by atoms with E-state index in [4.69, 9.17) is 10.2 Å². The van der Waals surface area contributed by atoms with Crippen molar-refractivity contribution in [2.75, 3.05) is 6.54 Å². The molecule has 6 nitrogen and oxygen atoms in total. The Kier molecular flexibility index (Phi) is 5.53. The van der Waals surface area contributed by atoms with Crippen LogP contribution in [0, 0.1) is 0 Å². The van der Waals surface area contributed by atoms with E-state index in [-0.39, 0.29) is 12.2 Å². The lowest BCUT2D eigenvalue weighted by molar-refractivity contribution is -0.753. The van der Waals surface area contributed by atoms with Crippen LogP contribution in [0.2, 0.25) is 0 Å². The Hall–Kier alpha value is -2.37. The standard InChI is InChI=1S/C13H17N3O3/c1-10(17)4-7-16-8-5-12(9-15-16)11(2)14-6-3-13(18)19/h5,8-9,14H,1-4,6-7H2,(H-,17,18,19)/p+1. The molecule has 0 saturated heterocycles. The quantitative estimate of drug-likeness (QED) is 0.479. The maximum absolute atomic E-state index is 10.4. The molecule has 0 fully saturated rings. The predicted molar refractivity (Wildman–Crippen MR) is 70.1 cm³/mol. The average molecular weight is 264 g/mol. The van der Waals surface area contributed by atoms with Gasteiger partial charge >= 0.3 is 5.97 Å². The van der Waals surface area contributed by atoms with Crippen molar-refractivity contribution in [2.45, 2.75) is 19.4 Å². The van der Waals surface area contributed by atoms with E-state index >= 15 is 0 Å². The van der Waals surface area contributed by atoms with Crippen molar-refractivity contribution in [3.8, 4) is 0 Å². The number of carbonyl (C=O) groups is 1. The number of aliphatic carboxylic acids is 1. The van der Waals surface area contributed by atoms with Crippen LogP contribution in [0.1, 0.15) is 18.4 Å². The Morgan fingerprint density at radius 3 is 2.63 bits per heavy atom. The summed E-state index contributed by atoms with van der Waals surface area (Å²) in [7, 11) is 0. The first kappa shape index (κ1) is 14.7. The molecular formula is C13H18N3O3+. The Labute approximate surface area is 111 Å². The second-order valence-corrected chi connectivity index (χ2v) is 4.04. The van der Waals surface area contributed by atoms with Crippen LogP contribution >= 0.6 is 0 Å². The minimum atomic E-state index is -0.853. The van der Waals surface area contributed by atoms with Gasteiger partial charge in [0.05, 0.1) is 18.6 Å². The first-order valence-corrected chi connectivity index (χ1v) is 5.86. The van der Waals surface area contributed by atoms with Crippen molar-refractivity contribution in [3.63, 3.8) is 0 Å². The summed E-state index contributed by atoms with van der Waals surface area (Å²) in [5.41, 5.74) is 1.43. The van der Waals surface area contributed by atoms with Crippen LogP contribution in [0.3, 0.4) is 0 Å². The van der Waals surface area contributed by atoms with Gasteiger partial charge in [-0.15, -0.1) is 0 Å². The van der Waals surface area contributed by atoms with E-state index in [0.717, 1.165) is 5.56 Å². The summed E-state index contributed by atoms with van der Waals surface area (Å²) < 4.78 is 1.68. The van der Waals surface area contributed by atoms with Crippen LogP contribution < -0.4 is 10.00 Å². The zero-order chi connectivity index (χ0) is 14.3. The highest BCUT2D eigenvalue weighted by Crippen LogP contribution is 2.05. The molecule has 0 aliphatic heterocycles. The molecule has 0 aliphatic rings. The molecule has 0 amide bonds. The molecule has 1 aromatic rings. The number of carboxylic acids is 1. The van der Waals surface area contributed by atoms with Gasteiger partial charge < -0.3 is 15.5 Å². The van der Waals surface area contributed by atoms with E-state index in [0.29, 0.717) is 25.2 Å². The summed E-state index contributed by atoms with van der Waals surface area (Å²) >= 11 is 0. The fraction of sp³-hybridized carbons (Fsp3) is 0.308. The lowest BCUT2D eigenvalue weighted by Gasteiger charge is -2.06. The van der Waals surface area contributed by atoms with E-state index in [2.05, 4.69) is 23.6 Å². The number of aliphatic hydroxyl groups excluding tert-OH is 1. The third-order valence-corrected chi connectivity index (χ3v) is 2.43. The monoisotopic (exact) mass is 264 g/mol. The van der Waals surface area contributed by atoms with Crippen molar-refractivity contribution in [3.05, 3.63) is 42.9 Å². The Morgan fingerprint density at radius 1 is 1.37 bits per heavy atom. The third-order valence-electron chi connectivity index (χ3n) is 2.43. The highest BCUT2D eigenvalue weighted by molar-refractivity contribution is 5.67. The number of hydrogen-bond acceptors (Lipinski definition) is 4. The van der Waals surface area contributed by atoms with Crippen molar-refractivity contribution >= 4 is 11.7 Å². The minimum absolute atomic E-state index is 0.0396. The van der Waals surface area contributed by atoms with Gasteiger partial charge in [0.25, 0.3) is 0 Å². The zero-order valence-corrected chi connectivity index (χ0v) is 10.7. The second-order valence-electron chi connectivity index (χ2n) is 4.04. The van der Waals surface area contributed by atoms with Gasteiger partial charge in [0.1, 0.15) is 6.20 Å². The van der Waals surface area contributed by atoms with Crippen molar-refractivity contribution in [1.82, 2.24) is 10.4 Å². The second kappa shape index (κ2) is 7.15. The number of nitrogens with zero attached hydrogens (tertiary/aromatic N) is 2. The van der Waals surface area contributed by atoms with Crippen LogP contribution in [0.15, 0.2) is 37.4 Å². The smallest absolute Gasteiger partial charge is 0.305 e. The van der Waals surface area contributed by atoms with Crippen molar-refractivity contribution < 1.29 is 19.7 Å². The molecule has 0 atom stereocenters. The number of aromatic nitrogens is 2. The molecule has 0 spiro atoms. The van der Waals surface area contributed by atoms with Gasteiger partial charge in [0.2, 0.25) is 0 Å². The van der Waals surface area contributed by atoms with Crippen LogP contribution in [-0.2, 0) is 11.3 Å². The largest absolute Gasteiger partial charge is 0.513 e. The molecule has 19 heavy (non-hydrogen) atoms. The Bertz CT molecular complexity index is 469. The summed E-state index contributed by atoms with van der Waals surface area (Å²) in [5.74, 6) is -0.730. The molecule has 1 aromatic heterocycles. The molecular weight excluding hydrogens is 246 g/mol. The summed E-state index contributed by atoms with van der Waals surface area (Å²) in [6.07, 6.45) is 3.89. The molecule has 0 aliphatic carbocycles. The van der Waals surface area contributed by atoms with Crippen LogP contribution in [0.5, 0.6) is 0 Å². The fourth-order valence-corrected chi connectivity index (χ4v) is 1.36. The summed E-state index contributed by atoms with van der Waals surface area (Å²) in [6.45, 7) is 8.10. The summed E-state index contributed by atoms with van der Waals surface area (Å²) in [4.78, 5) is 10.4. The number of allylic oxidation sites excluding steroid dienone is 1. The normalized spacial score (nSPS) is 9.89. The molecule has 0 bridgehead atoms. The van der Waals surface area contributed by atoms with E-state index in [1.165, 1.54) is 0 Å². The van der Waals surface area contributed by atoms with Crippen molar-refractivity contribution in [1.29, 1.82) is 0 Å². The fourth-order valence-electron chi connectivity index (χ4n) is 1.36. The summed E-state index contributed by atoms with van der Waals surface area (Å²) in [6, 6.07) is 1.82. The number of carboxylic acid groups (broad SMARTS) is 1. The average Bonchev–Trinajstić information content (AvgIpc) is 2.36. The van der Waals surface area contributed by atoms with Gasteiger partial charge in [-0.05, 0) is 5.10 Å². The molecule has 0 radical (unpaired) electrons. The molecule has 0 unspecified atom stereocenters. The van der Waals surface area contributed by atoms with E-state index in [9.17, 15) is 4.79 Å². The van der Waals surface area contributed by atoms with Crippen LogP contribution in [0.4, 0.5) is 0 Å². The molecule has 1 heterocycles. The predicted octanol–water partition coefficient (Wildman–Crippen LogP) is 0.866. The molecule has 1 rings (SSSR count). The molecule has 0 saturated carbocycles. The van der Waals surface area contributed by atoms with Gasteiger partial charge in [0, 0.05) is 23.9 Å². The molecule has 3 N–H and O–H groups in total. The van der Waals surface area contributed by atoms with Gasteiger partial charge in [-0.1, -0.05) is 17.8 Å². The SMILES string of the molecule is C=C(O)CC[n+]1ccc(C(=C)NCCC(=O)O)cn1. The van der Waals surface area contributed by atoms with Gasteiger partial charge in [-0.25, -0.2) is 0 Å². The number of rotatable bonds is 8. The maximum atomic E-state index is 10.4. The van der Waals surface area contributed by atoms with Gasteiger partial charge in [0.15, 0.2) is 12.7 Å². The van der Waals surface area contributed by atoms with E-state index < -0.39 is 5.97 Å². The molecule has 0 aromatic carbocycles. The first-order chi connectivity index (χ1) is 8.99. The first-order valence-electron chi connectivity index (χ1n) is 5.86. The number of hydrogen-bond donors (Lipinski definition) is 3. The molecule has 6 heteroatoms. The highest BCUT2D eigenvalue weighted by Gasteiger charge is 2.06. The molecule has 102 valence electrons. The lowest BCUT2D eigenvalue weighted by Crippen LogP contribution is -2.37. The lowest BCUT2D eigenvalue weighted by atomic mass is 10.2.